The fourth-order valence-corrected chi connectivity index (χ4v) is 5.68. The molecule has 2 aromatic carbocycles. The summed E-state index contributed by atoms with van der Waals surface area (Å²) in [6, 6.07) is 12.5. The van der Waals surface area contributed by atoms with Crippen molar-refractivity contribution in [2.24, 2.45) is 4.99 Å². The van der Waals surface area contributed by atoms with Crippen LogP contribution in [-0.4, -0.2) is 36.9 Å². The van der Waals surface area contributed by atoms with Crippen LogP contribution < -0.4 is 5.32 Å². The number of carbonyl (C=O) groups is 1. The molecule has 0 aliphatic carbocycles. The molecule has 0 aromatic heterocycles. The first-order chi connectivity index (χ1) is 13.3. The number of rotatable bonds is 5. The van der Waals surface area contributed by atoms with E-state index in [1.807, 2.05) is 6.92 Å². The summed E-state index contributed by atoms with van der Waals surface area (Å²) in [5, 5.41) is 3.16. The molecule has 0 bridgehead atoms. The van der Waals surface area contributed by atoms with Gasteiger partial charge in [0.05, 0.1) is 18.0 Å². The normalized spacial score (nSPS) is 14.1. The molecule has 0 fully saturated rings. The van der Waals surface area contributed by atoms with Crippen LogP contribution in [-0.2, 0) is 20.6 Å². The smallest absolute Gasteiger partial charge is 0.265 e. The molecule has 6 nitrogen and oxygen atoms in total. The van der Waals surface area contributed by atoms with Gasteiger partial charge in [-0.3, -0.25) is 9.79 Å². The van der Waals surface area contributed by atoms with Crippen molar-refractivity contribution < 1.29 is 13.2 Å². The summed E-state index contributed by atoms with van der Waals surface area (Å²) in [6.07, 6.45) is 0. The molecular weight excluding hydrogens is 394 g/mol. The van der Waals surface area contributed by atoms with Crippen LogP contribution in [0.4, 0.5) is 5.69 Å². The van der Waals surface area contributed by atoms with E-state index in [1.165, 1.54) is 51.8 Å². The van der Waals surface area contributed by atoms with Crippen LogP contribution in [0.5, 0.6) is 0 Å². The van der Waals surface area contributed by atoms with Gasteiger partial charge in [0, 0.05) is 18.4 Å². The summed E-state index contributed by atoms with van der Waals surface area (Å²) in [4.78, 5) is 15.7. The van der Waals surface area contributed by atoms with Gasteiger partial charge in [0.15, 0.2) is 5.17 Å². The van der Waals surface area contributed by atoms with Crippen molar-refractivity contribution in [1.29, 1.82) is 0 Å². The number of thioether (sulfide) groups is 1. The Morgan fingerprint density at radius 3 is 2.57 bits per heavy atom. The summed E-state index contributed by atoms with van der Waals surface area (Å²) in [5.74, 6) is 0.465. The number of aryl methyl sites for hydroxylation is 2. The SMILES string of the molecule is CC(=O)Nc1ccc(S(=O)(=O)N2CCN=C2SCc2cc(C)ccc2C)cc1. The third-order valence-electron chi connectivity index (χ3n) is 4.39. The van der Waals surface area contributed by atoms with Gasteiger partial charge < -0.3 is 5.32 Å². The molecule has 1 N–H and O–H groups in total. The van der Waals surface area contributed by atoms with Crippen LogP contribution >= 0.6 is 11.8 Å². The zero-order valence-electron chi connectivity index (χ0n) is 16.1. The molecule has 0 unspecified atom stereocenters. The minimum atomic E-state index is -3.69. The Labute approximate surface area is 170 Å². The zero-order chi connectivity index (χ0) is 20.3. The Morgan fingerprint density at radius 1 is 1.18 bits per heavy atom. The average molecular weight is 418 g/mol. The number of anilines is 1. The maximum absolute atomic E-state index is 13.1. The first-order valence-electron chi connectivity index (χ1n) is 8.91. The lowest BCUT2D eigenvalue weighted by Crippen LogP contribution is -2.33. The zero-order valence-corrected chi connectivity index (χ0v) is 17.7. The molecule has 8 heteroatoms. The van der Waals surface area contributed by atoms with E-state index in [9.17, 15) is 13.2 Å². The van der Waals surface area contributed by atoms with Crippen LogP contribution in [0.15, 0.2) is 52.4 Å². The highest BCUT2D eigenvalue weighted by atomic mass is 32.2. The van der Waals surface area contributed by atoms with E-state index >= 15 is 0 Å². The summed E-state index contributed by atoms with van der Waals surface area (Å²) in [6.45, 7) is 6.30. The maximum atomic E-state index is 13.1. The van der Waals surface area contributed by atoms with E-state index in [4.69, 9.17) is 0 Å². The lowest BCUT2D eigenvalue weighted by molar-refractivity contribution is -0.114. The monoisotopic (exact) mass is 417 g/mol. The number of sulfonamides is 1. The van der Waals surface area contributed by atoms with Crippen LogP contribution in [0.2, 0.25) is 0 Å². The number of amides is 1. The predicted octanol–water partition coefficient (Wildman–Crippen LogP) is 3.56. The molecule has 28 heavy (non-hydrogen) atoms. The highest BCUT2D eigenvalue weighted by Crippen LogP contribution is 2.27. The maximum Gasteiger partial charge on any atom is 0.265 e. The molecule has 0 atom stereocenters. The molecule has 2 aromatic rings. The van der Waals surface area contributed by atoms with Gasteiger partial charge in [0.2, 0.25) is 5.91 Å². The van der Waals surface area contributed by atoms with Gasteiger partial charge in [-0.1, -0.05) is 35.5 Å². The van der Waals surface area contributed by atoms with Crippen molar-refractivity contribution in [3.8, 4) is 0 Å². The summed E-state index contributed by atoms with van der Waals surface area (Å²) >= 11 is 1.44. The topological polar surface area (TPSA) is 78.8 Å². The van der Waals surface area contributed by atoms with Gasteiger partial charge in [-0.05, 0) is 49.2 Å². The van der Waals surface area contributed by atoms with Crippen LogP contribution in [0.1, 0.15) is 23.6 Å². The van der Waals surface area contributed by atoms with Gasteiger partial charge in [-0.2, -0.15) is 0 Å². The number of benzene rings is 2. The van der Waals surface area contributed by atoms with Gasteiger partial charge in [-0.15, -0.1) is 0 Å². The molecule has 0 spiro atoms. The number of hydrogen-bond acceptors (Lipinski definition) is 5. The quantitative estimate of drug-likeness (QED) is 0.807. The van der Waals surface area contributed by atoms with Crippen molar-refractivity contribution in [2.75, 3.05) is 18.4 Å². The Morgan fingerprint density at radius 2 is 1.89 bits per heavy atom. The lowest BCUT2D eigenvalue weighted by atomic mass is 10.1. The molecular formula is C20H23N3O3S2. The minimum absolute atomic E-state index is 0.184. The Bertz CT molecular complexity index is 1020. The molecule has 148 valence electrons. The van der Waals surface area contributed by atoms with Crippen molar-refractivity contribution in [1.82, 2.24) is 4.31 Å². The molecule has 0 saturated carbocycles. The van der Waals surface area contributed by atoms with Gasteiger partial charge in [0.25, 0.3) is 10.0 Å². The third-order valence-corrected chi connectivity index (χ3v) is 7.37. The third kappa shape index (κ3) is 4.56. The summed E-state index contributed by atoms with van der Waals surface area (Å²) in [7, 11) is -3.69. The van der Waals surface area contributed by atoms with Crippen molar-refractivity contribution in [2.45, 2.75) is 31.4 Å². The number of nitrogens with zero attached hydrogens (tertiary/aromatic N) is 2. The number of carbonyl (C=O) groups excluding carboxylic acids is 1. The molecule has 1 amide bonds. The molecule has 1 aliphatic heterocycles. The van der Waals surface area contributed by atoms with E-state index in [2.05, 4.69) is 35.4 Å². The minimum Gasteiger partial charge on any atom is -0.326 e. The first kappa shape index (κ1) is 20.4. The van der Waals surface area contributed by atoms with Crippen molar-refractivity contribution in [3.05, 3.63) is 59.2 Å². The highest BCUT2D eigenvalue weighted by Gasteiger charge is 2.31. The lowest BCUT2D eigenvalue weighted by Gasteiger charge is -2.20. The molecule has 1 aliphatic rings. The Hall–Kier alpha value is -2.32. The average Bonchev–Trinajstić information content (AvgIpc) is 3.12. The van der Waals surface area contributed by atoms with E-state index in [0.717, 1.165) is 0 Å². The fraction of sp³-hybridized carbons (Fsp3) is 0.300. The Kier molecular flexibility index (Phi) is 6.10. The molecule has 1 heterocycles. The summed E-state index contributed by atoms with van der Waals surface area (Å²) in [5.41, 5.74) is 4.10. The first-order valence-corrected chi connectivity index (χ1v) is 11.3. The van der Waals surface area contributed by atoms with E-state index in [1.54, 1.807) is 12.1 Å². The summed E-state index contributed by atoms with van der Waals surface area (Å²) < 4.78 is 27.5. The van der Waals surface area contributed by atoms with Gasteiger partial charge in [0.1, 0.15) is 0 Å². The van der Waals surface area contributed by atoms with Crippen molar-refractivity contribution >= 4 is 38.5 Å². The second kappa shape index (κ2) is 8.36. The predicted molar refractivity (Wildman–Crippen MR) is 114 cm³/mol. The number of hydrogen-bond donors (Lipinski definition) is 1. The number of amidine groups is 1. The molecule has 3 rings (SSSR count). The van der Waals surface area contributed by atoms with Crippen molar-refractivity contribution in [3.63, 3.8) is 0 Å². The molecule has 0 saturated heterocycles. The number of aliphatic imine (C=N–C) groups is 1. The van der Waals surface area contributed by atoms with Crippen LogP contribution in [0, 0.1) is 13.8 Å². The second-order valence-corrected chi connectivity index (χ2v) is 9.47. The van der Waals surface area contributed by atoms with E-state index in [0.29, 0.717) is 29.7 Å². The van der Waals surface area contributed by atoms with E-state index < -0.39 is 10.0 Å². The second-order valence-electron chi connectivity index (χ2n) is 6.67. The highest BCUT2D eigenvalue weighted by molar-refractivity contribution is 8.14. The van der Waals surface area contributed by atoms with Gasteiger partial charge >= 0.3 is 0 Å². The molecule has 0 radical (unpaired) electrons. The standard InChI is InChI=1S/C20H23N3O3S2/c1-14-4-5-15(2)17(12-14)13-27-20-21-10-11-23(20)28(25,26)19-8-6-18(7-9-19)22-16(3)24/h4-9,12H,10-11,13H2,1-3H3,(H,22,24). The fourth-order valence-electron chi connectivity index (χ4n) is 2.89. The van der Waals surface area contributed by atoms with E-state index in [-0.39, 0.29) is 10.8 Å². The van der Waals surface area contributed by atoms with Crippen LogP contribution in [0.3, 0.4) is 0 Å². The van der Waals surface area contributed by atoms with Crippen LogP contribution in [0.25, 0.3) is 0 Å². The number of nitrogens with one attached hydrogen (secondary N) is 1. The largest absolute Gasteiger partial charge is 0.326 e. The Balaban J connectivity index is 1.75. The van der Waals surface area contributed by atoms with Gasteiger partial charge in [-0.25, -0.2) is 12.7 Å².